The first-order chi connectivity index (χ1) is 4.91. The molecule has 0 fully saturated rings. The SMILES string of the molecule is [B][B][B][B]S[B][B][B][B][B-]. The first kappa shape index (κ1) is 10.9. The Morgan fingerprint density at radius 3 is 2.40 bits per heavy atom. The monoisotopic (exact) mass is 131 g/mol. The Hall–Kier alpha value is 0.934. The predicted octanol–water partition coefficient (Wildman–Crippen LogP) is -2.78. The van der Waals surface area contributed by atoms with Gasteiger partial charge in [-0.15, -0.1) is 0 Å². The van der Waals surface area contributed by atoms with Crippen molar-refractivity contribution in [2.75, 3.05) is 0 Å². The van der Waals surface area contributed by atoms with E-state index in [-0.39, 0.29) is 0 Å². The molecule has 0 rings (SSSR count). The van der Waals surface area contributed by atoms with E-state index in [4.69, 9.17) is 15.5 Å². The summed E-state index contributed by atoms with van der Waals surface area (Å²) in [7, 11) is 18.5. The van der Waals surface area contributed by atoms with E-state index in [0.717, 1.165) is 0 Å². The molecule has 0 aromatic rings. The van der Waals surface area contributed by atoms with Crippen molar-refractivity contribution in [3.05, 3.63) is 0 Å². The van der Waals surface area contributed by atoms with E-state index < -0.39 is 0 Å². The Labute approximate surface area is 75.4 Å². The second kappa shape index (κ2) is 9.93. The van der Waals surface area contributed by atoms with Gasteiger partial charge < -0.3 is 7.74 Å². The lowest BCUT2D eigenvalue weighted by Crippen LogP contribution is -2.19. The smallest absolute Gasteiger partial charge is 0.118 e. The summed E-state index contributed by atoms with van der Waals surface area (Å²) in [6.45, 7) is 0. The van der Waals surface area contributed by atoms with E-state index in [1.165, 1.54) is 25.6 Å². The van der Waals surface area contributed by atoms with Crippen LogP contribution in [0, 0.1) is 0 Å². The maximum atomic E-state index is 5.09. The second-order valence-corrected chi connectivity index (χ2v) is 2.19. The summed E-state index contributed by atoms with van der Waals surface area (Å²) in [5, 5.41) is 0. The highest BCUT2D eigenvalue weighted by Crippen LogP contribution is 1.87. The van der Waals surface area contributed by atoms with Crippen LogP contribution in [0.25, 0.3) is 0 Å². The highest BCUT2D eigenvalue weighted by atomic mass is 32.2. The molecule has 0 aliphatic heterocycles. The van der Waals surface area contributed by atoms with Crippen molar-refractivity contribution in [3.8, 4) is 0 Å². The Balaban J connectivity index is 2.65. The normalized spacial score (nSPS) is 7.30. The molecule has 10 heteroatoms. The molecule has 0 aliphatic rings. The Bertz CT molecular complexity index is 44.7. The third-order valence-corrected chi connectivity index (χ3v) is 1.28. The van der Waals surface area contributed by atoms with Gasteiger partial charge in [0.15, 0.2) is 0 Å². The van der Waals surface area contributed by atoms with Crippen LogP contribution in [0.3, 0.4) is 0 Å². The summed E-state index contributed by atoms with van der Waals surface area (Å²) in [5.74, 6) is 0. The number of rotatable bonds is 7. The van der Waals surface area contributed by atoms with Gasteiger partial charge in [-0.3, -0.25) is 18.5 Å². The molecule has 0 nitrogen and oxygen atoms in total. The topological polar surface area (TPSA) is 0 Å². The Kier molecular flexibility index (Phi) is 10.9. The molecule has 0 unspecified atom stereocenters. The van der Waals surface area contributed by atoms with E-state index in [9.17, 15) is 0 Å². The van der Waals surface area contributed by atoms with Crippen LogP contribution in [0.15, 0.2) is 0 Å². The molecule has 12 radical (unpaired) electrons. The van der Waals surface area contributed by atoms with Crippen LogP contribution in [0.1, 0.15) is 0 Å². The molecule has 0 amide bonds. The molecule has 0 aromatic carbocycles. The fourth-order valence-corrected chi connectivity index (χ4v) is 0.745. The van der Waals surface area contributed by atoms with E-state index in [1.807, 2.05) is 20.0 Å². The van der Waals surface area contributed by atoms with Gasteiger partial charge in [0.1, 0.15) is 12.9 Å². The van der Waals surface area contributed by atoms with Crippen LogP contribution in [-0.2, 0) is 0 Å². The molecular weight excluding hydrogens is 129 g/mol. The largest absolute Gasteiger partial charge is 0.690 e. The minimum Gasteiger partial charge on any atom is -0.690 e. The summed E-state index contributed by atoms with van der Waals surface area (Å²) in [5.41, 5.74) is 0. The van der Waals surface area contributed by atoms with Crippen molar-refractivity contribution in [2.24, 2.45) is 0 Å². The van der Waals surface area contributed by atoms with Crippen LogP contribution in [0.4, 0.5) is 0 Å². The number of hydrogen-bond donors (Lipinski definition) is 0. The third-order valence-electron chi connectivity index (χ3n) is 0.648. The summed E-state index contributed by atoms with van der Waals surface area (Å²) < 4.78 is 0. The van der Waals surface area contributed by atoms with E-state index in [1.54, 1.807) is 14.1 Å². The van der Waals surface area contributed by atoms with Gasteiger partial charge >= 0.3 is 0 Å². The second-order valence-electron chi connectivity index (χ2n) is 1.37. The maximum absolute atomic E-state index is 5.09. The minimum atomic E-state index is 1.48. The minimum absolute atomic E-state index is 1.48. The average molecular weight is 129 g/mol. The van der Waals surface area contributed by atoms with Gasteiger partial charge in [-0.1, -0.05) is 0 Å². The van der Waals surface area contributed by atoms with Crippen LogP contribution in [-0.4, -0.2) is 63.7 Å². The van der Waals surface area contributed by atoms with E-state index in [0.29, 0.717) is 0 Å². The molecule has 0 aromatic heterocycles. The standard InChI is InChI=1S/B9S/c1-3-5-7-9-10-8-6-4-2/q-1. The highest BCUT2D eigenvalue weighted by molar-refractivity contribution is 8.47. The summed E-state index contributed by atoms with van der Waals surface area (Å²) in [6.07, 6.45) is 3.78. The predicted molar refractivity (Wildman–Crippen MR) is 59.4 cm³/mol. The van der Waals surface area contributed by atoms with Crippen LogP contribution < -0.4 is 0 Å². The maximum Gasteiger partial charge on any atom is 0.118 e. The lowest BCUT2D eigenvalue weighted by Gasteiger charge is -1.99. The quantitative estimate of drug-likeness (QED) is 0.265. The van der Waals surface area contributed by atoms with Gasteiger partial charge in [-0.2, -0.15) is 0 Å². The van der Waals surface area contributed by atoms with E-state index in [2.05, 4.69) is 0 Å². The van der Waals surface area contributed by atoms with Gasteiger partial charge in [0.05, 0.1) is 0 Å². The highest BCUT2D eigenvalue weighted by Gasteiger charge is 1.91. The van der Waals surface area contributed by atoms with Crippen molar-refractivity contribution >= 4 is 75.1 Å². The molecule has 0 N–H and O–H groups in total. The van der Waals surface area contributed by atoms with Crippen molar-refractivity contribution in [3.63, 3.8) is 0 Å². The van der Waals surface area contributed by atoms with Crippen molar-refractivity contribution in [1.82, 2.24) is 0 Å². The molecule has 34 valence electrons. The van der Waals surface area contributed by atoms with Gasteiger partial charge in [0.2, 0.25) is 0 Å². The van der Waals surface area contributed by atoms with Crippen molar-refractivity contribution < 1.29 is 0 Å². The molecule has 0 saturated carbocycles. The Morgan fingerprint density at radius 1 is 1.10 bits per heavy atom. The van der Waals surface area contributed by atoms with E-state index >= 15 is 0 Å². The number of hydrogen-bond acceptors (Lipinski definition) is 1. The van der Waals surface area contributed by atoms with Crippen molar-refractivity contribution in [2.45, 2.75) is 0 Å². The third kappa shape index (κ3) is 8.93. The zero-order valence-electron chi connectivity index (χ0n) is 5.60. The molecule has 0 saturated heterocycles. The Morgan fingerprint density at radius 2 is 1.80 bits per heavy atom. The summed E-state index contributed by atoms with van der Waals surface area (Å²) in [6, 6.07) is 0. The zero-order chi connectivity index (χ0) is 7.66. The van der Waals surface area contributed by atoms with Crippen LogP contribution >= 0.6 is 11.5 Å². The van der Waals surface area contributed by atoms with Crippen LogP contribution in [0.5, 0.6) is 0 Å². The molecule has 0 heterocycles. The summed E-state index contributed by atoms with van der Waals surface area (Å²) >= 11 is 1.54. The fourth-order valence-electron chi connectivity index (χ4n) is 0.291. The molecule has 10 heavy (non-hydrogen) atoms. The lowest BCUT2D eigenvalue weighted by atomic mass is 9.08. The van der Waals surface area contributed by atoms with Gasteiger partial charge in [-0.25, -0.2) is 0 Å². The lowest BCUT2D eigenvalue weighted by molar-refractivity contribution is 3.97. The average Bonchev–Trinajstić information content (AvgIpc) is 1.97. The molecule has 0 spiro atoms. The zero-order valence-corrected chi connectivity index (χ0v) is 6.42. The first-order valence-electron chi connectivity index (χ1n) is 2.80. The fraction of sp³-hybridized carbons (Fsp3) is 0. The summed E-state index contributed by atoms with van der Waals surface area (Å²) in [4.78, 5) is 0. The molecule has 0 bridgehead atoms. The first-order valence-corrected chi connectivity index (χ1v) is 3.75. The van der Waals surface area contributed by atoms with Crippen molar-refractivity contribution in [1.29, 1.82) is 0 Å². The molecule has 0 atom stereocenters. The van der Waals surface area contributed by atoms with Gasteiger partial charge in [0, 0.05) is 28.9 Å². The molecular formula is B9S-. The van der Waals surface area contributed by atoms with Gasteiger partial charge in [-0.05, 0) is 7.06 Å². The van der Waals surface area contributed by atoms with Crippen LogP contribution in [0.2, 0.25) is 0 Å². The molecule has 0 aliphatic carbocycles. The van der Waals surface area contributed by atoms with Gasteiger partial charge in [0.25, 0.3) is 0 Å².